The van der Waals surface area contributed by atoms with E-state index in [2.05, 4.69) is 52.9 Å². The number of halogens is 1. The minimum absolute atomic E-state index is 1.11. The quantitative estimate of drug-likeness (QED) is 0.704. The molecule has 0 unspecified atom stereocenters. The molecular weight excluding hydrogens is 220 g/mol. The Kier molecular flexibility index (Phi) is 4.02. The molecule has 59 valence electrons. The largest absolute Gasteiger partial charge is 0.122 e. The Hall–Kier alpha value is 0.0500. The highest BCUT2D eigenvalue weighted by molar-refractivity contribution is 9.10. The van der Waals surface area contributed by atoms with Gasteiger partial charge in [0, 0.05) is 15.1 Å². The van der Waals surface area contributed by atoms with Gasteiger partial charge >= 0.3 is 0 Å². The summed E-state index contributed by atoms with van der Waals surface area (Å²) < 4.78 is 1.14. The van der Waals surface area contributed by atoms with Gasteiger partial charge in [-0.2, -0.15) is 0 Å². The zero-order chi connectivity index (χ0) is 8.10. The molecule has 0 aliphatic heterocycles. The lowest BCUT2D eigenvalue weighted by atomic mass is 10.4. The van der Waals surface area contributed by atoms with Crippen molar-refractivity contribution in [1.82, 2.24) is 0 Å². The minimum atomic E-state index is 1.11. The smallest absolute Gasteiger partial charge is 0.0214 e. The van der Waals surface area contributed by atoms with Gasteiger partial charge in [0.05, 0.1) is 0 Å². The Morgan fingerprint density at radius 1 is 1.36 bits per heavy atom. The van der Waals surface area contributed by atoms with Gasteiger partial charge in [-0.1, -0.05) is 22.9 Å². The SMILES string of the molecule is CC[CH]Sc1ccc(Br)cc1. The summed E-state index contributed by atoms with van der Waals surface area (Å²) in [4.78, 5) is 1.30. The monoisotopic (exact) mass is 229 g/mol. The molecule has 0 aliphatic rings. The first-order valence-electron chi connectivity index (χ1n) is 3.57. The number of thioether (sulfide) groups is 1. The summed E-state index contributed by atoms with van der Waals surface area (Å²) in [5.74, 6) is 2.20. The molecule has 0 fully saturated rings. The number of hydrogen-bond acceptors (Lipinski definition) is 1. The fraction of sp³-hybridized carbons (Fsp3) is 0.222. The van der Waals surface area contributed by atoms with Crippen molar-refractivity contribution in [2.45, 2.75) is 18.2 Å². The van der Waals surface area contributed by atoms with Crippen molar-refractivity contribution in [1.29, 1.82) is 0 Å². The predicted molar refractivity (Wildman–Crippen MR) is 54.6 cm³/mol. The molecule has 11 heavy (non-hydrogen) atoms. The number of benzene rings is 1. The van der Waals surface area contributed by atoms with Crippen LogP contribution in [0.2, 0.25) is 0 Å². The van der Waals surface area contributed by atoms with Crippen LogP contribution < -0.4 is 0 Å². The summed E-state index contributed by atoms with van der Waals surface area (Å²) in [6, 6.07) is 8.35. The van der Waals surface area contributed by atoms with Gasteiger partial charge in [0.1, 0.15) is 0 Å². The van der Waals surface area contributed by atoms with Crippen LogP contribution in [0.5, 0.6) is 0 Å². The summed E-state index contributed by atoms with van der Waals surface area (Å²) in [6.45, 7) is 2.14. The van der Waals surface area contributed by atoms with Crippen LogP contribution in [0.3, 0.4) is 0 Å². The third-order valence-electron chi connectivity index (χ3n) is 1.20. The first-order valence-corrected chi connectivity index (χ1v) is 5.24. The maximum absolute atomic E-state index is 3.39. The first kappa shape index (κ1) is 9.14. The summed E-state index contributed by atoms with van der Waals surface area (Å²) in [6.07, 6.45) is 1.11. The second-order valence-corrected chi connectivity index (χ2v) is 4.10. The van der Waals surface area contributed by atoms with Crippen LogP contribution in [0.25, 0.3) is 0 Å². The van der Waals surface area contributed by atoms with Crippen molar-refractivity contribution in [3.8, 4) is 0 Å². The van der Waals surface area contributed by atoms with E-state index in [1.165, 1.54) is 4.90 Å². The second-order valence-electron chi connectivity index (χ2n) is 2.15. The van der Waals surface area contributed by atoms with Crippen LogP contribution >= 0.6 is 27.7 Å². The molecule has 0 saturated carbocycles. The minimum Gasteiger partial charge on any atom is -0.122 e. The summed E-state index contributed by atoms with van der Waals surface area (Å²) in [5.41, 5.74) is 0. The van der Waals surface area contributed by atoms with E-state index >= 15 is 0 Å². The highest BCUT2D eigenvalue weighted by atomic mass is 79.9. The van der Waals surface area contributed by atoms with E-state index < -0.39 is 0 Å². The molecule has 1 rings (SSSR count). The Labute approximate surface area is 80.5 Å². The molecule has 1 aromatic rings. The zero-order valence-electron chi connectivity index (χ0n) is 6.38. The molecule has 0 nitrogen and oxygen atoms in total. The summed E-state index contributed by atoms with van der Waals surface area (Å²) >= 11 is 5.18. The number of hydrogen-bond donors (Lipinski definition) is 0. The van der Waals surface area contributed by atoms with Crippen molar-refractivity contribution in [2.75, 3.05) is 0 Å². The lowest BCUT2D eigenvalue weighted by molar-refractivity contribution is 1.20. The standard InChI is InChI=1S/C9H10BrS/c1-2-7-11-9-5-3-8(10)4-6-9/h3-7H,2H2,1H3. The third-order valence-corrected chi connectivity index (χ3v) is 2.77. The van der Waals surface area contributed by atoms with E-state index in [9.17, 15) is 0 Å². The van der Waals surface area contributed by atoms with E-state index in [0.29, 0.717) is 0 Å². The molecule has 0 heterocycles. The lowest BCUT2D eigenvalue weighted by Crippen LogP contribution is -1.70. The second kappa shape index (κ2) is 4.83. The van der Waals surface area contributed by atoms with Gasteiger partial charge in [0.25, 0.3) is 0 Å². The molecule has 0 saturated heterocycles. The summed E-state index contributed by atoms with van der Waals surface area (Å²) in [7, 11) is 0. The van der Waals surface area contributed by atoms with E-state index in [1.807, 2.05) is 0 Å². The molecule has 0 amide bonds. The van der Waals surface area contributed by atoms with Crippen molar-refractivity contribution in [2.24, 2.45) is 0 Å². The van der Waals surface area contributed by atoms with Crippen molar-refractivity contribution in [3.05, 3.63) is 34.5 Å². The molecule has 0 spiro atoms. The van der Waals surface area contributed by atoms with Crippen molar-refractivity contribution >= 4 is 27.7 Å². The highest BCUT2D eigenvalue weighted by Crippen LogP contribution is 2.23. The Morgan fingerprint density at radius 3 is 2.55 bits per heavy atom. The highest BCUT2D eigenvalue weighted by Gasteiger charge is 1.91. The molecule has 2 heteroatoms. The molecule has 0 aromatic heterocycles. The van der Waals surface area contributed by atoms with Crippen molar-refractivity contribution in [3.63, 3.8) is 0 Å². The molecule has 0 N–H and O–H groups in total. The van der Waals surface area contributed by atoms with Crippen LogP contribution in [0.4, 0.5) is 0 Å². The van der Waals surface area contributed by atoms with Gasteiger partial charge in [0.2, 0.25) is 0 Å². The normalized spacial score (nSPS) is 10.0. The van der Waals surface area contributed by atoms with E-state index in [4.69, 9.17) is 0 Å². The van der Waals surface area contributed by atoms with Gasteiger partial charge in [-0.3, -0.25) is 0 Å². The first-order chi connectivity index (χ1) is 5.33. The third kappa shape index (κ3) is 3.30. The predicted octanol–water partition coefficient (Wildman–Crippen LogP) is 4.11. The topological polar surface area (TPSA) is 0 Å². The van der Waals surface area contributed by atoms with Gasteiger partial charge in [-0.15, -0.1) is 11.8 Å². The molecule has 0 atom stereocenters. The maximum atomic E-state index is 3.39. The molecule has 1 radical (unpaired) electrons. The van der Waals surface area contributed by atoms with Crippen LogP contribution in [0, 0.1) is 5.75 Å². The van der Waals surface area contributed by atoms with E-state index in [-0.39, 0.29) is 0 Å². The number of rotatable bonds is 3. The van der Waals surface area contributed by atoms with Crippen LogP contribution in [0.1, 0.15) is 13.3 Å². The Morgan fingerprint density at radius 2 is 2.00 bits per heavy atom. The zero-order valence-corrected chi connectivity index (χ0v) is 8.78. The molecule has 0 aliphatic carbocycles. The Bertz CT molecular complexity index is 205. The maximum Gasteiger partial charge on any atom is 0.0214 e. The van der Waals surface area contributed by atoms with Gasteiger partial charge < -0.3 is 0 Å². The van der Waals surface area contributed by atoms with Gasteiger partial charge in [-0.05, 0) is 30.7 Å². The average Bonchev–Trinajstić information content (AvgIpc) is 2.04. The molecule has 1 aromatic carbocycles. The molecular formula is C9H10BrS. The average molecular weight is 230 g/mol. The summed E-state index contributed by atoms with van der Waals surface area (Å²) in [5, 5.41) is 0. The van der Waals surface area contributed by atoms with Crippen LogP contribution in [0.15, 0.2) is 33.6 Å². The van der Waals surface area contributed by atoms with E-state index in [0.717, 1.165) is 10.9 Å². The van der Waals surface area contributed by atoms with Crippen LogP contribution in [-0.2, 0) is 0 Å². The van der Waals surface area contributed by atoms with E-state index in [1.54, 1.807) is 11.8 Å². The lowest BCUT2D eigenvalue weighted by Gasteiger charge is -1.97. The van der Waals surface area contributed by atoms with Gasteiger partial charge in [-0.25, -0.2) is 0 Å². The Balaban J connectivity index is 2.52. The van der Waals surface area contributed by atoms with Gasteiger partial charge in [0.15, 0.2) is 0 Å². The molecule has 0 bridgehead atoms. The fourth-order valence-electron chi connectivity index (χ4n) is 0.693. The van der Waals surface area contributed by atoms with Crippen LogP contribution in [-0.4, -0.2) is 0 Å². The fourth-order valence-corrected chi connectivity index (χ4v) is 1.61. The van der Waals surface area contributed by atoms with Crippen molar-refractivity contribution < 1.29 is 0 Å².